The highest BCUT2D eigenvalue weighted by Gasteiger charge is 2.30. The molecular formula is C13H18S. The smallest absolute Gasteiger partial charge is 0.0177 e. The molecule has 76 valence electrons. The third-order valence-electron chi connectivity index (χ3n) is 3.04. The maximum Gasteiger partial charge on any atom is 0.0177 e. The molecule has 14 heavy (non-hydrogen) atoms. The zero-order chi connectivity index (χ0) is 10.3. The molecule has 0 radical (unpaired) electrons. The molecule has 1 aromatic heterocycles. The van der Waals surface area contributed by atoms with E-state index in [0.717, 1.165) is 0 Å². The Labute approximate surface area is 90.7 Å². The molecule has 0 aliphatic heterocycles. The minimum atomic E-state index is 0.345. The van der Waals surface area contributed by atoms with Gasteiger partial charge in [0.25, 0.3) is 0 Å². The monoisotopic (exact) mass is 206 g/mol. The standard InChI is InChI=1S/C13H18S/c1-9(2)11-7-10-5-6-14-12(10)13(3,4)8-11/h5-7,9H,8H2,1-4H3. The molecule has 0 nitrogen and oxygen atoms in total. The van der Waals surface area contributed by atoms with Gasteiger partial charge in [-0.05, 0) is 29.3 Å². The fraction of sp³-hybridized carbons (Fsp3) is 0.538. The second-order valence-electron chi connectivity index (χ2n) is 5.14. The molecular weight excluding hydrogens is 188 g/mol. The topological polar surface area (TPSA) is 0 Å². The Hall–Kier alpha value is -0.560. The molecule has 1 aliphatic rings. The summed E-state index contributed by atoms with van der Waals surface area (Å²) in [5, 5.41) is 2.21. The molecule has 0 saturated carbocycles. The maximum absolute atomic E-state index is 2.39. The largest absolute Gasteiger partial charge is 0.148 e. The van der Waals surface area contributed by atoms with Crippen molar-refractivity contribution in [3.63, 3.8) is 0 Å². The van der Waals surface area contributed by atoms with Crippen LogP contribution in [-0.2, 0) is 5.41 Å². The number of thiophene rings is 1. The van der Waals surface area contributed by atoms with Gasteiger partial charge in [0.2, 0.25) is 0 Å². The van der Waals surface area contributed by atoms with Crippen LogP contribution in [0.2, 0.25) is 0 Å². The summed E-state index contributed by atoms with van der Waals surface area (Å²) in [6.45, 7) is 9.30. The first-order valence-corrected chi connectivity index (χ1v) is 6.17. The van der Waals surface area contributed by atoms with Crippen LogP contribution in [-0.4, -0.2) is 0 Å². The lowest BCUT2D eigenvalue weighted by molar-refractivity contribution is 0.497. The fourth-order valence-corrected chi connectivity index (χ4v) is 3.20. The van der Waals surface area contributed by atoms with Gasteiger partial charge in [-0.15, -0.1) is 11.3 Å². The molecule has 0 bridgehead atoms. The van der Waals surface area contributed by atoms with Crippen molar-refractivity contribution in [2.75, 3.05) is 0 Å². The van der Waals surface area contributed by atoms with Gasteiger partial charge in [0, 0.05) is 10.3 Å². The molecule has 0 saturated heterocycles. The van der Waals surface area contributed by atoms with Crippen LogP contribution in [0.5, 0.6) is 0 Å². The first kappa shape index (κ1) is 9.97. The van der Waals surface area contributed by atoms with Gasteiger partial charge in [0.15, 0.2) is 0 Å². The highest BCUT2D eigenvalue weighted by molar-refractivity contribution is 7.10. The fourth-order valence-electron chi connectivity index (χ4n) is 2.20. The second-order valence-corrected chi connectivity index (χ2v) is 6.06. The number of hydrogen-bond donors (Lipinski definition) is 0. The van der Waals surface area contributed by atoms with Crippen molar-refractivity contribution in [1.82, 2.24) is 0 Å². The zero-order valence-electron chi connectivity index (χ0n) is 9.42. The second kappa shape index (κ2) is 3.23. The van der Waals surface area contributed by atoms with Crippen LogP contribution in [0.4, 0.5) is 0 Å². The van der Waals surface area contributed by atoms with E-state index in [1.165, 1.54) is 12.0 Å². The van der Waals surface area contributed by atoms with Crippen LogP contribution in [0.15, 0.2) is 17.0 Å². The number of allylic oxidation sites excluding steroid dienone is 1. The van der Waals surface area contributed by atoms with E-state index in [1.807, 2.05) is 11.3 Å². The van der Waals surface area contributed by atoms with Crippen LogP contribution < -0.4 is 0 Å². The Bertz CT molecular complexity index is 366. The number of rotatable bonds is 1. The Morgan fingerprint density at radius 1 is 1.36 bits per heavy atom. The molecule has 0 unspecified atom stereocenters. The third-order valence-corrected chi connectivity index (χ3v) is 4.34. The summed E-state index contributed by atoms with van der Waals surface area (Å²) in [6, 6.07) is 2.25. The number of fused-ring (bicyclic) bond motifs is 1. The van der Waals surface area contributed by atoms with E-state index in [-0.39, 0.29) is 0 Å². The molecule has 1 aromatic rings. The van der Waals surface area contributed by atoms with Gasteiger partial charge >= 0.3 is 0 Å². The van der Waals surface area contributed by atoms with E-state index >= 15 is 0 Å². The summed E-state index contributed by atoms with van der Waals surface area (Å²) in [6.07, 6.45) is 3.61. The first-order chi connectivity index (χ1) is 6.50. The Balaban J connectivity index is 2.49. The first-order valence-electron chi connectivity index (χ1n) is 5.29. The molecule has 1 heterocycles. The summed E-state index contributed by atoms with van der Waals surface area (Å²) in [4.78, 5) is 1.56. The van der Waals surface area contributed by atoms with Gasteiger partial charge in [-0.1, -0.05) is 39.3 Å². The Kier molecular flexibility index (Phi) is 2.30. The summed E-state index contributed by atoms with van der Waals surface area (Å²) >= 11 is 1.90. The van der Waals surface area contributed by atoms with E-state index in [9.17, 15) is 0 Å². The minimum absolute atomic E-state index is 0.345. The predicted octanol–water partition coefficient (Wildman–Crippen LogP) is 4.47. The third kappa shape index (κ3) is 1.54. The van der Waals surface area contributed by atoms with Crippen molar-refractivity contribution >= 4 is 17.4 Å². The van der Waals surface area contributed by atoms with Crippen LogP contribution in [0.3, 0.4) is 0 Å². The highest BCUT2D eigenvalue weighted by Crippen LogP contribution is 2.43. The maximum atomic E-state index is 2.39. The molecule has 0 aromatic carbocycles. The lowest BCUT2D eigenvalue weighted by Gasteiger charge is -2.31. The predicted molar refractivity (Wildman–Crippen MR) is 64.8 cm³/mol. The summed E-state index contributed by atoms with van der Waals surface area (Å²) in [5.41, 5.74) is 3.40. The van der Waals surface area contributed by atoms with Gasteiger partial charge in [0.05, 0.1) is 0 Å². The van der Waals surface area contributed by atoms with Crippen LogP contribution in [0, 0.1) is 5.92 Å². The SMILES string of the molecule is CC(C)C1=Cc2ccsc2C(C)(C)C1. The average Bonchev–Trinajstić information content (AvgIpc) is 2.51. The molecule has 0 amide bonds. The van der Waals surface area contributed by atoms with Crippen molar-refractivity contribution in [1.29, 1.82) is 0 Å². The molecule has 1 aliphatic carbocycles. The lowest BCUT2D eigenvalue weighted by atomic mass is 9.75. The summed E-state index contributed by atoms with van der Waals surface area (Å²) in [7, 11) is 0. The van der Waals surface area contributed by atoms with Crippen LogP contribution in [0.25, 0.3) is 6.08 Å². The minimum Gasteiger partial charge on any atom is -0.148 e. The quantitative estimate of drug-likeness (QED) is 0.636. The zero-order valence-corrected chi connectivity index (χ0v) is 10.2. The van der Waals surface area contributed by atoms with Gasteiger partial charge in [-0.3, -0.25) is 0 Å². The van der Waals surface area contributed by atoms with Crippen molar-refractivity contribution in [2.24, 2.45) is 5.92 Å². The van der Waals surface area contributed by atoms with Crippen molar-refractivity contribution < 1.29 is 0 Å². The van der Waals surface area contributed by atoms with Gasteiger partial charge in [-0.25, -0.2) is 0 Å². The van der Waals surface area contributed by atoms with Gasteiger partial charge in [-0.2, -0.15) is 0 Å². The van der Waals surface area contributed by atoms with Crippen LogP contribution in [0.1, 0.15) is 44.6 Å². The molecule has 0 fully saturated rings. The molecule has 0 N–H and O–H groups in total. The van der Waals surface area contributed by atoms with E-state index in [4.69, 9.17) is 0 Å². The Morgan fingerprint density at radius 3 is 2.71 bits per heavy atom. The van der Waals surface area contributed by atoms with Crippen molar-refractivity contribution in [3.05, 3.63) is 27.5 Å². The van der Waals surface area contributed by atoms with E-state index < -0.39 is 0 Å². The molecule has 0 atom stereocenters. The van der Waals surface area contributed by atoms with E-state index in [1.54, 1.807) is 10.5 Å². The summed E-state index contributed by atoms with van der Waals surface area (Å²) < 4.78 is 0. The van der Waals surface area contributed by atoms with Crippen LogP contribution >= 0.6 is 11.3 Å². The highest BCUT2D eigenvalue weighted by atomic mass is 32.1. The van der Waals surface area contributed by atoms with Gasteiger partial charge in [0.1, 0.15) is 0 Å². The average molecular weight is 206 g/mol. The molecule has 0 spiro atoms. The van der Waals surface area contributed by atoms with Crippen molar-refractivity contribution in [2.45, 2.75) is 39.5 Å². The normalized spacial score (nSPS) is 19.4. The van der Waals surface area contributed by atoms with Gasteiger partial charge < -0.3 is 0 Å². The molecule has 1 heteroatoms. The van der Waals surface area contributed by atoms with Crippen molar-refractivity contribution in [3.8, 4) is 0 Å². The molecule has 2 rings (SSSR count). The van der Waals surface area contributed by atoms with E-state index in [2.05, 4.69) is 45.2 Å². The summed E-state index contributed by atoms with van der Waals surface area (Å²) in [5.74, 6) is 0.683. The Morgan fingerprint density at radius 2 is 2.07 bits per heavy atom. The lowest BCUT2D eigenvalue weighted by Crippen LogP contribution is -2.22. The number of hydrogen-bond acceptors (Lipinski definition) is 1. The van der Waals surface area contributed by atoms with E-state index in [0.29, 0.717) is 11.3 Å².